The molecule has 0 spiro atoms. The highest BCUT2D eigenvalue weighted by Gasteiger charge is 2.20. The highest BCUT2D eigenvalue weighted by atomic mass is 79.9. The molecule has 2 N–H and O–H groups in total. The number of thiocarbonyl (C=S) groups is 1. The maximum atomic E-state index is 13.2. The summed E-state index contributed by atoms with van der Waals surface area (Å²) in [7, 11) is 1.52. The van der Waals surface area contributed by atoms with Crippen molar-refractivity contribution in [3.8, 4) is 17.2 Å². The summed E-state index contributed by atoms with van der Waals surface area (Å²) < 4.78 is 12.1. The van der Waals surface area contributed by atoms with Gasteiger partial charge in [0.15, 0.2) is 10.7 Å². The number of nitrogens with one attached hydrogen (secondary N) is 2. The number of fused-ring (bicyclic) bond motifs is 2. The zero-order chi connectivity index (χ0) is 26.3. The van der Waals surface area contributed by atoms with Crippen LogP contribution in [0.15, 0.2) is 69.6 Å². The molecule has 0 aliphatic heterocycles. The lowest BCUT2D eigenvalue weighted by Gasteiger charge is -2.16. The molecule has 6 nitrogen and oxygen atoms in total. The first-order chi connectivity index (χ1) is 17.8. The van der Waals surface area contributed by atoms with E-state index in [1.807, 2.05) is 49.4 Å². The average molecular weight is 615 g/mol. The van der Waals surface area contributed by atoms with E-state index >= 15 is 0 Å². The summed E-state index contributed by atoms with van der Waals surface area (Å²) in [6, 6.07) is 18.3. The highest BCUT2D eigenvalue weighted by Crippen LogP contribution is 2.37. The van der Waals surface area contributed by atoms with Crippen molar-refractivity contribution < 1.29 is 13.9 Å². The van der Waals surface area contributed by atoms with Gasteiger partial charge in [0.2, 0.25) is 5.89 Å². The van der Waals surface area contributed by atoms with Crippen molar-refractivity contribution >= 4 is 89.9 Å². The minimum absolute atomic E-state index is 0.129. The lowest BCUT2D eigenvalue weighted by molar-refractivity contribution is 0.0975. The Morgan fingerprint density at radius 1 is 1.11 bits per heavy atom. The number of ether oxygens (including phenoxy) is 1. The molecule has 0 unspecified atom stereocenters. The average Bonchev–Trinajstić information content (AvgIpc) is 3.29. The number of amides is 1. The second-order valence-electron chi connectivity index (χ2n) is 8.13. The molecule has 4 aromatic carbocycles. The van der Waals surface area contributed by atoms with Crippen LogP contribution in [-0.4, -0.2) is 23.1 Å². The predicted molar refractivity (Wildman–Crippen MR) is 156 cm³/mol. The number of nitrogens with zero attached hydrogens (tertiary/aromatic N) is 1. The van der Waals surface area contributed by atoms with Crippen LogP contribution in [0.5, 0.6) is 5.75 Å². The summed E-state index contributed by atoms with van der Waals surface area (Å²) in [5.41, 5.74) is 3.60. The SMILES string of the molecule is COc1c(C(=O)NC(=S)Nc2cccc(-c3nc4cc(Cl)cc(Cl)c4o3)c2C)cc2ccccc2c1Br. The molecule has 186 valence electrons. The molecule has 0 radical (unpaired) electrons. The minimum atomic E-state index is -0.403. The number of anilines is 1. The second-order valence-corrected chi connectivity index (χ2v) is 10.2. The molecule has 1 amide bonds. The summed E-state index contributed by atoms with van der Waals surface area (Å²) >= 11 is 21.4. The third-order valence-electron chi connectivity index (χ3n) is 5.84. The third-order valence-corrected chi connectivity index (χ3v) is 7.33. The van der Waals surface area contributed by atoms with Gasteiger partial charge < -0.3 is 14.5 Å². The molecule has 0 aliphatic rings. The van der Waals surface area contributed by atoms with Gasteiger partial charge in [-0.3, -0.25) is 10.1 Å². The second kappa shape index (κ2) is 10.3. The van der Waals surface area contributed by atoms with Crippen molar-refractivity contribution in [2.24, 2.45) is 0 Å². The van der Waals surface area contributed by atoms with Gasteiger partial charge in [-0.15, -0.1) is 0 Å². The number of carbonyl (C=O) groups is 1. The Kier molecular flexibility index (Phi) is 7.09. The molecule has 0 fully saturated rings. The van der Waals surface area contributed by atoms with Crippen molar-refractivity contribution in [1.82, 2.24) is 10.3 Å². The number of halogens is 3. The molecular weight excluding hydrogens is 597 g/mol. The number of rotatable bonds is 4. The van der Waals surface area contributed by atoms with Gasteiger partial charge in [0.1, 0.15) is 11.3 Å². The summed E-state index contributed by atoms with van der Waals surface area (Å²) in [5, 5.41) is 8.65. The molecule has 37 heavy (non-hydrogen) atoms. The Balaban J connectivity index is 1.40. The fraction of sp³-hybridized carbons (Fsp3) is 0.0741. The summed E-state index contributed by atoms with van der Waals surface area (Å²) in [6.07, 6.45) is 0. The number of benzene rings is 4. The Bertz CT molecular complexity index is 1720. The minimum Gasteiger partial charge on any atom is -0.495 e. The van der Waals surface area contributed by atoms with Crippen LogP contribution >= 0.6 is 51.3 Å². The molecule has 5 aromatic rings. The van der Waals surface area contributed by atoms with E-state index in [-0.39, 0.29) is 5.11 Å². The fourth-order valence-corrected chi connectivity index (χ4v) is 5.51. The summed E-state index contributed by atoms with van der Waals surface area (Å²) in [6.45, 7) is 1.90. The van der Waals surface area contributed by atoms with Crippen molar-refractivity contribution in [2.75, 3.05) is 12.4 Å². The monoisotopic (exact) mass is 613 g/mol. The van der Waals surface area contributed by atoms with Gasteiger partial charge in [-0.2, -0.15) is 0 Å². The van der Waals surface area contributed by atoms with Crippen LogP contribution in [-0.2, 0) is 0 Å². The van der Waals surface area contributed by atoms with E-state index in [4.69, 9.17) is 44.6 Å². The van der Waals surface area contributed by atoms with E-state index in [2.05, 4.69) is 31.5 Å². The van der Waals surface area contributed by atoms with Crippen LogP contribution in [0.3, 0.4) is 0 Å². The lowest BCUT2D eigenvalue weighted by Crippen LogP contribution is -2.34. The Hall–Kier alpha value is -3.17. The number of aromatic nitrogens is 1. The maximum absolute atomic E-state index is 13.2. The lowest BCUT2D eigenvalue weighted by atomic mass is 10.1. The van der Waals surface area contributed by atoms with E-state index in [1.54, 1.807) is 18.2 Å². The molecule has 5 rings (SSSR count). The maximum Gasteiger partial charge on any atom is 0.261 e. The first-order valence-electron chi connectivity index (χ1n) is 11.0. The van der Waals surface area contributed by atoms with Gasteiger partial charge >= 0.3 is 0 Å². The zero-order valence-corrected chi connectivity index (χ0v) is 23.4. The van der Waals surface area contributed by atoms with Crippen molar-refractivity contribution in [3.05, 3.63) is 86.3 Å². The number of oxazole rings is 1. The number of hydrogen-bond acceptors (Lipinski definition) is 5. The van der Waals surface area contributed by atoms with Gasteiger partial charge in [-0.1, -0.05) is 53.5 Å². The molecule has 0 atom stereocenters. The van der Waals surface area contributed by atoms with Crippen LogP contribution in [0, 0.1) is 6.92 Å². The van der Waals surface area contributed by atoms with Crippen LogP contribution in [0.4, 0.5) is 5.69 Å². The Morgan fingerprint density at radius 3 is 2.68 bits per heavy atom. The molecule has 10 heteroatoms. The van der Waals surface area contributed by atoms with E-state index in [0.29, 0.717) is 48.5 Å². The van der Waals surface area contributed by atoms with Gasteiger partial charge in [0.25, 0.3) is 5.91 Å². The summed E-state index contributed by atoms with van der Waals surface area (Å²) in [4.78, 5) is 17.7. The first kappa shape index (κ1) is 25.5. The number of methoxy groups -OCH3 is 1. The quantitative estimate of drug-likeness (QED) is 0.199. The molecule has 1 aromatic heterocycles. The number of hydrogen-bond donors (Lipinski definition) is 2. The third kappa shape index (κ3) is 4.90. The molecule has 0 saturated heterocycles. The number of carbonyl (C=O) groups excluding carboxylic acids is 1. The fourth-order valence-electron chi connectivity index (χ4n) is 4.05. The smallest absolute Gasteiger partial charge is 0.261 e. The first-order valence-corrected chi connectivity index (χ1v) is 13.0. The predicted octanol–water partition coefficient (Wildman–Crippen LogP) is 8.16. The molecule has 0 bridgehead atoms. The van der Waals surface area contributed by atoms with Gasteiger partial charge in [0.05, 0.1) is 22.2 Å². The molecule has 1 heterocycles. The Labute approximate surface area is 236 Å². The topological polar surface area (TPSA) is 76.4 Å². The van der Waals surface area contributed by atoms with E-state index in [1.165, 1.54) is 7.11 Å². The summed E-state index contributed by atoms with van der Waals surface area (Å²) in [5.74, 6) is 0.410. The molecular formula is C27H18BrCl2N3O3S. The van der Waals surface area contributed by atoms with Gasteiger partial charge in [-0.25, -0.2) is 4.98 Å². The van der Waals surface area contributed by atoms with Crippen LogP contribution in [0.25, 0.3) is 33.3 Å². The van der Waals surface area contributed by atoms with Crippen LogP contribution < -0.4 is 15.4 Å². The van der Waals surface area contributed by atoms with Crippen LogP contribution in [0.2, 0.25) is 10.0 Å². The highest BCUT2D eigenvalue weighted by molar-refractivity contribution is 9.10. The normalized spacial score (nSPS) is 11.1. The van der Waals surface area contributed by atoms with Gasteiger partial charge in [0, 0.05) is 16.3 Å². The van der Waals surface area contributed by atoms with E-state index < -0.39 is 5.91 Å². The standard InChI is InChI=1S/C27H18BrCl2N3O3S/c1-13-16(26-31-21-12-15(29)11-19(30)24(21)36-26)8-5-9-20(13)32-27(37)33-25(34)18-10-14-6-3-4-7-17(14)22(28)23(18)35-2/h3-12H,1-2H3,(H2,32,33,34,37). The zero-order valence-electron chi connectivity index (χ0n) is 19.5. The largest absolute Gasteiger partial charge is 0.495 e. The van der Waals surface area contributed by atoms with E-state index in [9.17, 15) is 4.79 Å². The van der Waals surface area contributed by atoms with Crippen molar-refractivity contribution in [2.45, 2.75) is 6.92 Å². The molecule has 0 aliphatic carbocycles. The Morgan fingerprint density at radius 2 is 1.89 bits per heavy atom. The van der Waals surface area contributed by atoms with Crippen molar-refractivity contribution in [1.29, 1.82) is 0 Å². The molecule has 0 saturated carbocycles. The van der Waals surface area contributed by atoms with Crippen molar-refractivity contribution in [3.63, 3.8) is 0 Å². The van der Waals surface area contributed by atoms with E-state index in [0.717, 1.165) is 21.9 Å². The van der Waals surface area contributed by atoms with Crippen LogP contribution in [0.1, 0.15) is 15.9 Å². The van der Waals surface area contributed by atoms with Gasteiger partial charge in [-0.05, 0) is 81.7 Å².